The number of fused-ring (bicyclic) bond motifs is 1. The minimum atomic E-state index is -1.29. The van der Waals surface area contributed by atoms with Gasteiger partial charge in [0, 0.05) is 18.0 Å². The number of aromatic nitrogens is 1. The van der Waals surface area contributed by atoms with Crippen LogP contribution < -0.4 is 5.32 Å². The van der Waals surface area contributed by atoms with Crippen molar-refractivity contribution in [1.29, 1.82) is 0 Å². The first-order valence-corrected chi connectivity index (χ1v) is 8.53. The number of carboxylic acid groups (broad SMARTS) is 1. The van der Waals surface area contributed by atoms with Crippen LogP contribution in [0.3, 0.4) is 0 Å². The maximum Gasteiger partial charge on any atom is 0.335 e. The Kier molecular flexibility index (Phi) is 5.26. The molecular weight excluding hydrogens is 391 g/mol. The summed E-state index contributed by atoms with van der Waals surface area (Å²) in [5, 5.41) is 31.6. The number of benzene rings is 2. The number of aromatic hydroxyl groups is 1. The van der Waals surface area contributed by atoms with Gasteiger partial charge in [-0.1, -0.05) is 17.7 Å². The number of nitrogens with one attached hydrogen (secondary N) is 1. The molecule has 1 heterocycles. The van der Waals surface area contributed by atoms with Crippen LogP contribution in [-0.2, 0) is 7.05 Å². The van der Waals surface area contributed by atoms with Crippen LogP contribution >= 0.6 is 11.6 Å². The predicted octanol–water partition coefficient (Wildman–Crippen LogP) is 2.84. The summed E-state index contributed by atoms with van der Waals surface area (Å²) in [7, 11) is 1.61. The molecule has 0 radical (unpaired) electrons. The molecular formula is C19H16ClFN2O5. The average molecular weight is 407 g/mol. The summed E-state index contributed by atoms with van der Waals surface area (Å²) in [6, 6.07) is 6.69. The van der Waals surface area contributed by atoms with Gasteiger partial charge in [-0.3, -0.25) is 4.79 Å². The molecule has 0 unspecified atom stereocenters. The first kappa shape index (κ1) is 19.7. The van der Waals surface area contributed by atoms with Gasteiger partial charge < -0.3 is 25.2 Å². The van der Waals surface area contributed by atoms with Crippen LogP contribution in [0, 0.1) is 5.82 Å². The van der Waals surface area contributed by atoms with Gasteiger partial charge in [0.1, 0.15) is 17.3 Å². The Labute approximate surface area is 163 Å². The van der Waals surface area contributed by atoms with Crippen LogP contribution in [-0.4, -0.2) is 38.4 Å². The van der Waals surface area contributed by atoms with Crippen molar-refractivity contribution >= 4 is 34.4 Å². The lowest BCUT2D eigenvalue weighted by Gasteiger charge is -2.18. The highest BCUT2D eigenvalue weighted by atomic mass is 35.5. The van der Waals surface area contributed by atoms with E-state index >= 15 is 0 Å². The van der Waals surface area contributed by atoms with E-state index < -0.39 is 30.3 Å². The highest BCUT2D eigenvalue weighted by molar-refractivity contribution is 6.33. The number of aliphatic hydroxyl groups is 1. The summed E-state index contributed by atoms with van der Waals surface area (Å²) in [6.45, 7) is -0.601. The van der Waals surface area contributed by atoms with Crippen molar-refractivity contribution in [2.24, 2.45) is 7.05 Å². The zero-order valence-electron chi connectivity index (χ0n) is 14.6. The molecule has 0 spiro atoms. The van der Waals surface area contributed by atoms with Crippen LogP contribution in [0.4, 0.5) is 4.39 Å². The van der Waals surface area contributed by atoms with Gasteiger partial charge in [-0.25, -0.2) is 9.18 Å². The molecule has 1 amide bonds. The molecule has 0 aliphatic rings. The number of aliphatic hydroxyl groups excluding tert-OH is 1. The number of aryl methyl sites for hydroxylation is 1. The zero-order valence-corrected chi connectivity index (χ0v) is 15.4. The van der Waals surface area contributed by atoms with Crippen molar-refractivity contribution in [3.63, 3.8) is 0 Å². The lowest BCUT2D eigenvalue weighted by Crippen LogP contribution is -2.32. The first-order valence-electron chi connectivity index (χ1n) is 8.16. The molecule has 2 aromatic carbocycles. The standard InChI is InChI=1S/C19H16ClFN2O5/c1-23-15-5-4-12(20)17(25)11(15)7-16(23)18(26)22-14(8-24)10-3-2-9(19(27)28)6-13(10)21/h2-7,14,24-25H,8H2,1H3,(H,22,26)(H,27,28)/t14-/m1/s1. The number of amides is 1. The largest absolute Gasteiger partial charge is 0.506 e. The molecule has 0 saturated heterocycles. The van der Waals surface area contributed by atoms with E-state index in [1.165, 1.54) is 28.8 Å². The van der Waals surface area contributed by atoms with Crippen molar-refractivity contribution in [1.82, 2.24) is 9.88 Å². The second-order valence-electron chi connectivity index (χ2n) is 6.17. The fourth-order valence-corrected chi connectivity index (χ4v) is 3.15. The number of halogens is 2. The molecule has 0 fully saturated rings. The van der Waals surface area contributed by atoms with Gasteiger partial charge in [-0.05, 0) is 30.3 Å². The van der Waals surface area contributed by atoms with Crippen molar-refractivity contribution in [2.45, 2.75) is 6.04 Å². The van der Waals surface area contributed by atoms with Crippen molar-refractivity contribution in [3.8, 4) is 5.75 Å². The Balaban J connectivity index is 1.93. The first-order chi connectivity index (χ1) is 13.2. The van der Waals surface area contributed by atoms with Gasteiger partial charge >= 0.3 is 5.97 Å². The Morgan fingerprint density at radius 3 is 2.57 bits per heavy atom. The van der Waals surface area contributed by atoms with Gasteiger partial charge in [-0.15, -0.1) is 0 Å². The molecule has 7 nitrogen and oxygen atoms in total. The number of aromatic carboxylic acids is 1. The Hall–Kier alpha value is -3.10. The second kappa shape index (κ2) is 7.49. The molecule has 146 valence electrons. The van der Waals surface area contributed by atoms with E-state index in [1.807, 2.05) is 0 Å². The van der Waals surface area contributed by atoms with E-state index in [0.29, 0.717) is 10.9 Å². The van der Waals surface area contributed by atoms with Gasteiger partial charge in [0.15, 0.2) is 0 Å². The number of phenols is 1. The minimum Gasteiger partial charge on any atom is -0.506 e. The van der Waals surface area contributed by atoms with E-state index in [1.54, 1.807) is 13.1 Å². The Morgan fingerprint density at radius 1 is 1.25 bits per heavy atom. The molecule has 1 atom stereocenters. The third-order valence-corrected chi connectivity index (χ3v) is 4.80. The summed E-state index contributed by atoms with van der Waals surface area (Å²) in [5.74, 6) is -2.93. The van der Waals surface area contributed by atoms with E-state index in [9.17, 15) is 24.2 Å². The van der Waals surface area contributed by atoms with E-state index in [2.05, 4.69) is 5.32 Å². The lowest BCUT2D eigenvalue weighted by atomic mass is 10.0. The monoisotopic (exact) mass is 406 g/mol. The molecule has 0 aliphatic carbocycles. The average Bonchev–Trinajstić information content (AvgIpc) is 3.00. The number of rotatable bonds is 5. The maximum atomic E-state index is 14.3. The molecule has 3 aromatic rings. The number of phenolic OH excluding ortho intramolecular Hbond substituents is 1. The van der Waals surface area contributed by atoms with Gasteiger partial charge in [0.2, 0.25) is 0 Å². The van der Waals surface area contributed by atoms with Crippen LogP contribution in [0.2, 0.25) is 5.02 Å². The molecule has 9 heteroatoms. The summed E-state index contributed by atoms with van der Waals surface area (Å²) >= 11 is 5.89. The van der Waals surface area contributed by atoms with Crippen molar-refractivity contribution < 1.29 is 29.3 Å². The summed E-state index contributed by atoms with van der Waals surface area (Å²) in [4.78, 5) is 23.6. The second-order valence-corrected chi connectivity index (χ2v) is 6.57. The molecule has 1 aromatic heterocycles. The molecule has 0 aliphatic heterocycles. The van der Waals surface area contributed by atoms with Gasteiger partial charge in [0.25, 0.3) is 5.91 Å². The highest BCUT2D eigenvalue weighted by Crippen LogP contribution is 2.34. The Bertz CT molecular complexity index is 1100. The lowest BCUT2D eigenvalue weighted by molar-refractivity contribution is 0.0695. The van der Waals surface area contributed by atoms with Crippen molar-refractivity contribution in [3.05, 3.63) is 64.1 Å². The number of carboxylic acids is 1. The van der Waals surface area contributed by atoms with Crippen LogP contribution in [0.25, 0.3) is 10.9 Å². The van der Waals surface area contributed by atoms with E-state index in [0.717, 1.165) is 6.07 Å². The van der Waals surface area contributed by atoms with Gasteiger partial charge in [0.05, 0.1) is 28.8 Å². The molecule has 3 rings (SSSR count). The third kappa shape index (κ3) is 3.39. The molecule has 4 N–H and O–H groups in total. The quantitative estimate of drug-likeness (QED) is 0.520. The fourth-order valence-electron chi connectivity index (χ4n) is 2.98. The van der Waals surface area contributed by atoms with E-state index in [-0.39, 0.29) is 27.6 Å². The zero-order chi connectivity index (χ0) is 20.6. The molecule has 0 saturated carbocycles. The van der Waals surface area contributed by atoms with Crippen LogP contribution in [0.5, 0.6) is 5.75 Å². The fraction of sp³-hybridized carbons (Fsp3) is 0.158. The maximum absolute atomic E-state index is 14.3. The number of carbonyl (C=O) groups is 2. The van der Waals surface area contributed by atoms with Gasteiger partial charge in [-0.2, -0.15) is 0 Å². The predicted molar refractivity (Wildman–Crippen MR) is 100 cm³/mol. The van der Waals surface area contributed by atoms with E-state index in [4.69, 9.17) is 16.7 Å². The van der Waals surface area contributed by atoms with Crippen LogP contribution in [0.1, 0.15) is 32.5 Å². The Morgan fingerprint density at radius 2 is 1.96 bits per heavy atom. The number of hydrogen-bond acceptors (Lipinski definition) is 4. The van der Waals surface area contributed by atoms with Crippen molar-refractivity contribution in [2.75, 3.05) is 6.61 Å². The highest BCUT2D eigenvalue weighted by Gasteiger charge is 2.22. The SMILES string of the molecule is Cn1c(C(=O)N[C@H](CO)c2ccc(C(=O)O)cc2F)cc2c(O)c(Cl)ccc21. The smallest absolute Gasteiger partial charge is 0.335 e. The number of carbonyl (C=O) groups excluding carboxylic acids is 1. The summed E-state index contributed by atoms with van der Waals surface area (Å²) in [5.41, 5.74) is 0.425. The number of hydrogen-bond donors (Lipinski definition) is 4. The van der Waals surface area contributed by atoms with Crippen LogP contribution in [0.15, 0.2) is 36.4 Å². The topological polar surface area (TPSA) is 112 Å². The molecule has 0 bridgehead atoms. The number of nitrogens with zero attached hydrogens (tertiary/aromatic N) is 1. The normalized spacial score (nSPS) is 12.1. The summed E-state index contributed by atoms with van der Waals surface area (Å²) in [6.07, 6.45) is 0. The minimum absolute atomic E-state index is 0.0505. The third-order valence-electron chi connectivity index (χ3n) is 4.49. The molecule has 28 heavy (non-hydrogen) atoms. The summed E-state index contributed by atoms with van der Waals surface area (Å²) < 4.78 is 15.8.